The number of imide groups is 1. The van der Waals surface area contributed by atoms with Crippen molar-refractivity contribution >= 4 is 23.7 Å². The van der Waals surface area contributed by atoms with E-state index in [0.29, 0.717) is 24.1 Å². The number of nitrogens with zero attached hydrogens (tertiary/aromatic N) is 5. The molecule has 3 aromatic rings. The Morgan fingerprint density at radius 1 is 1.20 bits per heavy atom. The molecule has 1 N–H and O–H groups in total. The molecule has 1 aliphatic rings. The first-order chi connectivity index (χ1) is 14.6. The van der Waals surface area contributed by atoms with Gasteiger partial charge in [0.1, 0.15) is 0 Å². The molecule has 0 unspecified atom stereocenters. The van der Waals surface area contributed by atoms with Crippen LogP contribution in [0.15, 0.2) is 53.9 Å². The SMILES string of the molecule is CC(C)c1ccccc1-n1c(SCC(=O)N2CCNC2=O)nnc1-c1cccnc1. The number of pyridine rings is 1. The average molecular weight is 423 g/mol. The van der Waals surface area contributed by atoms with Gasteiger partial charge in [0, 0.05) is 31.0 Å². The monoisotopic (exact) mass is 422 g/mol. The van der Waals surface area contributed by atoms with Crippen molar-refractivity contribution in [3.05, 3.63) is 54.4 Å². The van der Waals surface area contributed by atoms with Gasteiger partial charge in [-0.25, -0.2) is 4.79 Å². The maximum Gasteiger partial charge on any atom is 0.324 e. The van der Waals surface area contributed by atoms with Crippen molar-refractivity contribution in [2.75, 3.05) is 18.8 Å². The van der Waals surface area contributed by atoms with Crippen LogP contribution in [0, 0.1) is 0 Å². The first-order valence-electron chi connectivity index (χ1n) is 9.72. The first-order valence-corrected chi connectivity index (χ1v) is 10.7. The molecule has 154 valence electrons. The Kier molecular flexibility index (Phi) is 5.80. The van der Waals surface area contributed by atoms with Gasteiger partial charge in [-0.15, -0.1) is 10.2 Å². The Bertz CT molecular complexity index is 1070. The third kappa shape index (κ3) is 3.93. The van der Waals surface area contributed by atoms with Crippen molar-refractivity contribution in [3.8, 4) is 17.1 Å². The predicted molar refractivity (Wildman–Crippen MR) is 115 cm³/mol. The van der Waals surface area contributed by atoms with Gasteiger partial charge in [-0.1, -0.05) is 43.8 Å². The number of para-hydroxylation sites is 1. The van der Waals surface area contributed by atoms with Gasteiger partial charge in [0.05, 0.1) is 11.4 Å². The molecule has 0 spiro atoms. The Labute approximate surface area is 178 Å². The maximum absolute atomic E-state index is 12.5. The fraction of sp³-hybridized carbons (Fsp3) is 0.286. The van der Waals surface area contributed by atoms with Crippen LogP contribution >= 0.6 is 11.8 Å². The zero-order chi connectivity index (χ0) is 21.1. The minimum Gasteiger partial charge on any atom is -0.336 e. The number of carbonyl (C=O) groups excluding carboxylic acids is 2. The average Bonchev–Trinajstić information content (AvgIpc) is 3.38. The number of carbonyl (C=O) groups is 2. The van der Waals surface area contributed by atoms with Crippen LogP contribution < -0.4 is 5.32 Å². The largest absolute Gasteiger partial charge is 0.336 e. The van der Waals surface area contributed by atoms with Crippen molar-refractivity contribution in [1.82, 2.24) is 30.0 Å². The van der Waals surface area contributed by atoms with Gasteiger partial charge in [-0.2, -0.15) is 0 Å². The minimum absolute atomic E-state index is 0.0996. The number of nitrogens with one attached hydrogen (secondary N) is 1. The molecule has 1 aromatic carbocycles. The molecular weight excluding hydrogens is 400 g/mol. The summed E-state index contributed by atoms with van der Waals surface area (Å²) < 4.78 is 1.97. The fourth-order valence-electron chi connectivity index (χ4n) is 3.36. The lowest BCUT2D eigenvalue weighted by molar-refractivity contribution is -0.124. The third-order valence-corrected chi connectivity index (χ3v) is 5.75. The summed E-state index contributed by atoms with van der Waals surface area (Å²) in [6.45, 7) is 5.14. The van der Waals surface area contributed by atoms with E-state index in [1.807, 2.05) is 34.9 Å². The second-order valence-electron chi connectivity index (χ2n) is 7.16. The number of thioether (sulfide) groups is 1. The van der Waals surface area contributed by atoms with Gasteiger partial charge in [0.2, 0.25) is 5.91 Å². The fourth-order valence-corrected chi connectivity index (χ4v) is 4.18. The standard InChI is InChI=1S/C21H22N6O2S/c1-14(2)16-7-3-4-8-17(16)27-19(15-6-5-9-22-12-15)24-25-21(27)30-13-18(28)26-11-10-23-20(26)29/h3-9,12,14H,10-11,13H2,1-2H3,(H,23,29). The van der Waals surface area contributed by atoms with Crippen LogP contribution in [0.2, 0.25) is 0 Å². The predicted octanol–water partition coefficient (Wildman–Crippen LogP) is 3.10. The summed E-state index contributed by atoms with van der Waals surface area (Å²) in [5, 5.41) is 12.0. The van der Waals surface area contributed by atoms with Crippen molar-refractivity contribution in [2.45, 2.75) is 24.9 Å². The topological polar surface area (TPSA) is 93.0 Å². The van der Waals surface area contributed by atoms with E-state index < -0.39 is 0 Å². The number of benzene rings is 1. The molecule has 0 aliphatic carbocycles. The smallest absolute Gasteiger partial charge is 0.324 e. The summed E-state index contributed by atoms with van der Waals surface area (Å²) in [6.07, 6.45) is 3.45. The van der Waals surface area contributed by atoms with Crippen LogP contribution in [-0.2, 0) is 4.79 Å². The first kappa shape index (κ1) is 20.1. The van der Waals surface area contributed by atoms with E-state index in [1.54, 1.807) is 12.4 Å². The lowest BCUT2D eigenvalue weighted by atomic mass is 10.0. The third-order valence-electron chi connectivity index (χ3n) is 4.84. The molecule has 0 bridgehead atoms. The van der Waals surface area contributed by atoms with E-state index in [1.165, 1.54) is 16.7 Å². The molecule has 0 radical (unpaired) electrons. The second-order valence-corrected chi connectivity index (χ2v) is 8.11. The number of urea groups is 1. The lowest BCUT2D eigenvalue weighted by Crippen LogP contribution is -2.35. The van der Waals surface area contributed by atoms with E-state index in [2.05, 4.69) is 40.4 Å². The molecule has 2 aromatic heterocycles. The van der Waals surface area contributed by atoms with E-state index in [9.17, 15) is 9.59 Å². The molecule has 30 heavy (non-hydrogen) atoms. The molecule has 3 amide bonds. The molecule has 4 rings (SSSR count). The second kappa shape index (κ2) is 8.66. The molecule has 8 nitrogen and oxygen atoms in total. The molecule has 3 heterocycles. The Morgan fingerprint density at radius 2 is 2.03 bits per heavy atom. The van der Waals surface area contributed by atoms with Crippen molar-refractivity contribution in [3.63, 3.8) is 0 Å². The number of rotatable bonds is 6. The summed E-state index contributed by atoms with van der Waals surface area (Å²) in [5.74, 6) is 0.801. The molecule has 1 fully saturated rings. The maximum atomic E-state index is 12.5. The van der Waals surface area contributed by atoms with Crippen molar-refractivity contribution < 1.29 is 9.59 Å². The van der Waals surface area contributed by atoms with Gasteiger partial charge in [0.25, 0.3) is 0 Å². The number of hydrogen-bond acceptors (Lipinski definition) is 6. The Morgan fingerprint density at radius 3 is 2.73 bits per heavy atom. The quantitative estimate of drug-likeness (QED) is 0.614. The highest BCUT2D eigenvalue weighted by molar-refractivity contribution is 7.99. The van der Waals surface area contributed by atoms with E-state index in [4.69, 9.17) is 0 Å². The van der Waals surface area contributed by atoms with Crippen LogP contribution in [0.5, 0.6) is 0 Å². The molecular formula is C21H22N6O2S. The number of hydrogen-bond donors (Lipinski definition) is 1. The molecule has 1 aliphatic heterocycles. The summed E-state index contributed by atoms with van der Waals surface area (Å²) >= 11 is 1.27. The van der Waals surface area contributed by atoms with Crippen LogP contribution in [0.1, 0.15) is 25.3 Å². The minimum atomic E-state index is -0.344. The lowest BCUT2D eigenvalue weighted by Gasteiger charge is -2.17. The van der Waals surface area contributed by atoms with Gasteiger partial charge in [-0.05, 0) is 29.7 Å². The summed E-state index contributed by atoms with van der Waals surface area (Å²) in [6, 6.07) is 11.5. The zero-order valence-electron chi connectivity index (χ0n) is 16.8. The Balaban J connectivity index is 1.72. The van der Waals surface area contributed by atoms with Crippen molar-refractivity contribution in [2.24, 2.45) is 0 Å². The highest BCUT2D eigenvalue weighted by Gasteiger charge is 2.27. The van der Waals surface area contributed by atoms with Crippen LogP contribution in [0.4, 0.5) is 4.79 Å². The summed E-state index contributed by atoms with van der Waals surface area (Å²) in [5.41, 5.74) is 2.94. The Hall–Kier alpha value is -3.20. The zero-order valence-corrected chi connectivity index (χ0v) is 17.6. The number of amides is 3. The van der Waals surface area contributed by atoms with Crippen LogP contribution in [-0.4, -0.2) is 55.4 Å². The van der Waals surface area contributed by atoms with Crippen LogP contribution in [0.25, 0.3) is 17.1 Å². The van der Waals surface area contributed by atoms with E-state index in [0.717, 1.165) is 16.8 Å². The summed E-state index contributed by atoms with van der Waals surface area (Å²) in [7, 11) is 0. The molecule has 0 atom stereocenters. The highest BCUT2D eigenvalue weighted by Crippen LogP contribution is 2.32. The van der Waals surface area contributed by atoms with E-state index in [-0.39, 0.29) is 23.6 Å². The highest BCUT2D eigenvalue weighted by atomic mass is 32.2. The van der Waals surface area contributed by atoms with Gasteiger partial charge < -0.3 is 5.32 Å². The molecule has 1 saturated heterocycles. The van der Waals surface area contributed by atoms with Gasteiger partial charge in [-0.3, -0.25) is 19.2 Å². The number of aromatic nitrogens is 4. The van der Waals surface area contributed by atoms with Crippen molar-refractivity contribution in [1.29, 1.82) is 0 Å². The normalized spacial score (nSPS) is 13.7. The molecule has 0 saturated carbocycles. The van der Waals surface area contributed by atoms with Crippen LogP contribution in [0.3, 0.4) is 0 Å². The van der Waals surface area contributed by atoms with Gasteiger partial charge in [0.15, 0.2) is 11.0 Å². The molecule has 9 heteroatoms. The summed E-state index contributed by atoms with van der Waals surface area (Å²) in [4.78, 5) is 29.7. The van der Waals surface area contributed by atoms with E-state index >= 15 is 0 Å². The van der Waals surface area contributed by atoms with Gasteiger partial charge >= 0.3 is 6.03 Å².